The van der Waals surface area contributed by atoms with Crippen LogP contribution < -0.4 is 20.1 Å². The van der Waals surface area contributed by atoms with Crippen LogP contribution in [-0.2, 0) is 50.3 Å². The average Bonchev–Trinajstić information content (AvgIpc) is 1.75. The van der Waals surface area contributed by atoms with Crippen molar-refractivity contribution in [1.82, 2.24) is 59.3 Å². The number of halogens is 4. The molecule has 9 rings (SSSR count). The van der Waals surface area contributed by atoms with Crippen molar-refractivity contribution in [3.63, 3.8) is 0 Å². The van der Waals surface area contributed by atoms with Gasteiger partial charge < -0.3 is 53.0 Å². The molecule has 0 saturated carbocycles. The Labute approximate surface area is 498 Å². The summed E-state index contributed by atoms with van der Waals surface area (Å²) in [5.74, 6) is -0.651. The van der Waals surface area contributed by atoms with Crippen molar-refractivity contribution < 1.29 is 60.4 Å². The van der Waals surface area contributed by atoms with E-state index in [9.17, 15) is 31.9 Å². The van der Waals surface area contributed by atoms with E-state index in [0.717, 1.165) is 24.8 Å². The van der Waals surface area contributed by atoms with Gasteiger partial charge in [-0.15, -0.1) is 0 Å². The van der Waals surface area contributed by atoms with Crippen LogP contribution in [0.2, 0.25) is 51.4 Å². The van der Waals surface area contributed by atoms with E-state index in [2.05, 4.69) is 64.7 Å². The molecule has 7 heterocycles. The SMILES string of the molecule is CC(C)(C)NC(=O)c1cn(COCC[Si](C)(C)C)c2ncc(-c3nn(CCC4OCCCO4)c4ccc(OC(F)F)cc34)nc12.CC(C)(C)NC(=O)c1cn(COCC[Si](C)(C)C)c2ncc(-c3nn(CCC=O)c4ccc(OC(F)F)cc34)nc12. The number of fused-ring (bicyclic) bond motifs is 4. The van der Waals surface area contributed by atoms with Crippen molar-refractivity contribution in [3.05, 3.63) is 72.3 Å². The number of alkyl halides is 4. The molecule has 1 fully saturated rings. The number of aryl methyl sites for hydroxylation is 2. The summed E-state index contributed by atoms with van der Waals surface area (Å²) in [7, 11) is -2.56. The van der Waals surface area contributed by atoms with Gasteiger partial charge >= 0.3 is 13.2 Å². The predicted molar refractivity (Wildman–Crippen MR) is 324 cm³/mol. The van der Waals surface area contributed by atoms with Crippen LogP contribution in [0.1, 0.15) is 81.5 Å². The molecule has 0 aliphatic carbocycles. The highest BCUT2D eigenvalue weighted by molar-refractivity contribution is 6.76. The Morgan fingerprint density at radius 2 is 1.10 bits per heavy atom. The third-order valence-electron chi connectivity index (χ3n) is 13.4. The monoisotopic (exact) mass is 1230 g/mol. The summed E-state index contributed by atoms with van der Waals surface area (Å²) in [5.41, 5.74) is 4.21. The number of rotatable bonds is 24. The minimum Gasteiger partial charge on any atom is -0.435 e. The standard InChI is InChI=1S/C31H42F2N6O5Si.C28H36F2N6O4Si/c1-31(2,3)36-29(40)22-18-38(19-41-14-15-45(4,5)6)28-27(22)35-23(17-34-28)26-21-16-20(44-30(32)33)8-9-24(21)39(37-26)11-10-25-42-12-7-13-43-25;1-28(2,3)33-26(38)20-16-35(17-39-12-13-41(4,5)6)25-24(20)32-21(15-31-25)23-19-14-18(40-27(29)30)8-9-22(19)36(34-23)10-7-11-37/h8-9,16-18,25,30H,7,10-15,19H2,1-6H3,(H,36,40);8-9,11,14-16,27H,7,10,12-13,17H2,1-6H3,(H,33,38). The second kappa shape index (κ2) is 27.3. The van der Waals surface area contributed by atoms with Gasteiger partial charge in [0.1, 0.15) is 65.1 Å². The number of ether oxygens (including phenoxy) is 6. The number of carbonyl (C=O) groups excluding carboxylic acids is 3. The van der Waals surface area contributed by atoms with Gasteiger partial charge in [-0.2, -0.15) is 27.8 Å². The minimum atomic E-state index is -2.99. The van der Waals surface area contributed by atoms with E-state index >= 15 is 0 Å². The quantitative estimate of drug-likeness (QED) is 0.0248. The molecule has 6 aromatic heterocycles. The van der Waals surface area contributed by atoms with Crippen molar-refractivity contribution in [2.24, 2.45) is 0 Å². The van der Waals surface area contributed by atoms with Gasteiger partial charge in [-0.3, -0.25) is 19.0 Å². The molecule has 0 radical (unpaired) electrons. The van der Waals surface area contributed by atoms with E-state index in [0.29, 0.717) is 117 Å². The number of aldehydes is 1. The maximum atomic E-state index is 13.4. The third-order valence-corrected chi connectivity index (χ3v) is 16.8. The summed E-state index contributed by atoms with van der Waals surface area (Å²) < 4.78 is 91.7. The number of amides is 2. The highest BCUT2D eigenvalue weighted by Crippen LogP contribution is 2.35. The van der Waals surface area contributed by atoms with Crippen molar-refractivity contribution in [1.29, 1.82) is 0 Å². The number of hydrogen-bond acceptors (Lipinski definition) is 15. The molecular formula is C59H78F4N12O9Si2. The van der Waals surface area contributed by atoms with Crippen molar-refractivity contribution in [2.75, 3.05) is 26.4 Å². The largest absolute Gasteiger partial charge is 0.435 e. The normalized spacial score (nSPS) is 13.7. The topological polar surface area (TPSA) is 228 Å². The molecule has 0 spiro atoms. The van der Waals surface area contributed by atoms with Crippen LogP contribution in [0.15, 0.2) is 61.2 Å². The zero-order valence-electron chi connectivity index (χ0n) is 50.9. The van der Waals surface area contributed by atoms with E-state index in [1.165, 1.54) is 30.5 Å². The Hall–Kier alpha value is -7.18. The Morgan fingerprint density at radius 1 is 0.674 bits per heavy atom. The molecule has 0 unspecified atom stereocenters. The molecule has 8 aromatic rings. The summed E-state index contributed by atoms with van der Waals surface area (Å²) >= 11 is 0. The first-order valence-electron chi connectivity index (χ1n) is 28.6. The molecule has 0 atom stereocenters. The first kappa shape index (κ1) is 64.8. The smallest absolute Gasteiger partial charge is 0.387 e. The van der Waals surface area contributed by atoms with Gasteiger partial charge in [-0.25, -0.2) is 19.9 Å². The Kier molecular flexibility index (Phi) is 20.5. The zero-order valence-corrected chi connectivity index (χ0v) is 52.9. The summed E-state index contributed by atoms with van der Waals surface area (Å²) in [4.78, 5) is 56.8. The first-order chi connectivity index (χ1) is 40.5. The zero-order chi connectivity index (χ0) is 62.3. The molecule has 1 aliphatic rings. The van der Waals surface area contributed by atoms with E-state index in [4.69, 9.17) is 43.7 Å². The van der Waals surface area contributed by atoms with Gasteiger partial charge in [0.25, 0.3) is 11.8 Å². The van der Waals surface area contributed by atoms with Crippen molar-refractivity contribution >= 4 is 78.4 Å². The van der Waals surface area contributed by atoms with Crippen LogP contribution in [0, 0.1) is 0 Å². The number of carbonyl (C=O) groups is 3. The third kappa shape index (κ3) is 17.3. The molecule has 21 nitrogen and oxygen atoms in total. The van der Waals surface area contributed by atoms with Crippen LogP contribution in [0.4, 0.5) is 17.6 Å². The van der Waals surface area contributed by atoms with Gasteiger partial charge in [-0.1, -0.05) is 39.3 Å². The lowest BCUT2D eigenvalue weighted by Gasteiger charge is -2.23. The molecule has 27 heteroatoms. The fourth-order valence-electron chi connectivity index (χ4n) is 9.25. The van der Waals surface area contributed by atoms with Gasteiger partial charge in [-0.05, 0) is 96.4 Å². The Morgan fingerprint density at radius 3 is 1.50 bits per heavy atom. The van der Waals surface area contributed by atoms with Crippen molar-refractivity contribution in [3.8, 4) is 34.3 Å². The molecule has 0 bridgehead atoms. The fraction of sp³-hybridized carbons (Fsp3) is 0.508. The van der Waals surface area contributed by atoms with Crippen LogP contribution >= 0.6 is 0 Å². The Bertz CT molecular complexity index is 3670. The van der Waals surface area contributed by atoms with Crippen molar-refractivity contribution in [2.45, 2.75) is 169 Å². The lowest BCUT2D eigenvalue weighted by Crippen LogP contribution is -2.40. The highest BCUT2D eigenvalue weighted by Gasteiger charge is 2.27. The summed E-state index contributed by atoms with van der Waals surface area (Å²) in [6.07, 6.45) is 8.53. The van der Waals surface area contributed by atoms with E-state index in [-0.39, 0.29) is 56.0 Å². The molecule has 2 amide bonds. The average molecular weight is 1230 g/mol. The molecule has 1 saturated heterocycles. The fourth-order valence-corrected chi connectivity index (χ4v) is 10.8. The van der Waals surface area contributed by atoms with Crippen LogP contribution in [0.3, 0.4) is 0 Å². The van der Waals surface area contributed by atoms with Gasteiger partial charge in [0.2, 0.25) is 0 Å². The van der Waals surface area contributed by atoms with Crippen LogP contribution in [0.25, 0.3) is 66.9 Å². The minimum absolute atomic E-state index is 0.00171. The molecule has 2 aromatic carbocycles. The van der Waals surface area contributed by atoms with E-state index in [1.807, 2.05) is 41.5 Å². The maximum Gasteiger partial charge on any atom is 0.387 e. The molecule has 1 aliphatic heterocycles. The maximum absolute atomic E-state index is 13.4. The number of benzene rings is 2. The van der Waals surface area contributed by atoms with Gasteiger partial charge in [0, 0.05) is 89.5 Å². The van der Waals surface area contributed by atoms with Crippen LogP contribution in [-0.4, -0.2) is 140 Å². The molecule has 2 N–H and O–H groups in total. The van der Waals surface area contributed by atoms with Crippen LogP contribution in [0.5, 0.6) is 11.5 Å². The van der Waals surface area contributed by atoms with Gasteiger partial charge in [0.05, 0.1) is 47.8 Å². The number of hydrogen-bond donors (Lipinski definition) is 2. The van der Waals surface area contributed by atoms with E-state index < -0.39 is 40.4 Å². The summed E-state index contributed by atoms with van der Waals surface area (Å²) in [6, 6.07) is 11.2. The number of nitrogens with zero attached hydrogens (tertiary/aromatic N) is 10. The van der Waals surface area contributed by atoms with Gasteiger partial charge in [0.15, 0.2) is 17.6 Å². The first-order valence-corrected chi connectivity index (χ1v) is 36.0. The lowest BCUT2D eigenvalue weighted by atomic mass is 10.1. The molecular weight excluding hydrogens is 1150 g/mol. The highest BCUT2D eigenvalue weighted by atomic mass is 28.3. The summed E-state index contributed by atoms with van der Waals surface area (Å²) in [6.45, 7) is 22.7. The molecule has 464 valence electrons. The Balaban J connectivity index is 0.000000225. The second-order valence-electron chi connectivity index (χ2n) is 25.5. The number of aromatic nitrogens is 10. The summed E-state index contributed by atoms with van der Waals surface area (Å²) in [5, 5.41) is 16.5. The second-order valence-corrected chi connectivity index (χ2v) is 36.8. The molecule has 86 heavy (non-hydrogen) atoms. The number of nitrogens with one attached hydrogen (secondary N) is 2. The predicted octanol–water partition coefficient (Wildman–Crippen LogP) is 11.5. The van der Waals surface area contributed by atoms with E-state index in [1.54, 1.807) is 49.2 Å². The lowest BCUT2D eigenvalue weighted by molar-refractivity contribution is -0.182.